The van der Waals surface area contributed by atoms with Gasteiger partial charge < -0.3 is 5.73 Å². The van der Waals surface area contributed by atoms with E-state index in [-0.39, 0.29) is 0 Å². The molecule has 0 unspecified atom stereocenters. The quantitative estimate of drug-likeness (QED) is 0.649. The summed E-state index contributed by atoms with van der Waals surface area (Å²) in [5, 5.41) is 7.66. The Morgan fingerprint density at radius 1 is 1.23 bits per heavy atom. The van der Waals surface area contributed by atoms with Crippen molar-refractivity contribution in [1.82, 2.24) is 10.2 Å². The summed E-state index contributed by atoms with van der Waals surface area (Å²) in [5.74, 6) is -0.481. The lowest BCUT2D eigenvalue weighted by molar-refractivity contribution is -0.113. The minimum atomic E-state index is -0.481. The number of nitrogens with two attached hydrogens (primary N) is 1. The average molecular weight is 175 g/mol. The van der Waals surface area contributed by atoms with Gasteiger partial charge in [-0.05, 0) is 30.3 Å². The molecule has 1 aromatic carbocycles. The molecule has 13 heavy (non-hydrogen) atoms. The Bertz CT molecular complexity index is 322. The summed E-state index contributed by atoms with van der Waals surface area (Å²) in [5.41, 5.74) is 6.42. The number of hydrogen-bond acceptors (Lipinski definition) is 3. The minimum Gasteiger partial charge on any atom is -0.366 e. The normalized spacial score (nSPS) is 8.92. The molecule has 0 atom stereocenters. The highest BCUT2D eigenvalue weighted by Gasteiger charge is 1.87. The van der Waals surface area contributed by atoms with Gasteiger partial charge in [-0.15, -0.1) is 0 Å². The van der Waals surface area contributed by atoms with Crippen LogP contribution in [0.5, 0.6) is 0 Å². The monoisotopic (exact) mass is 175 g/mol. The summed E-state index contributed by atoms with van der Waals surface area (Å²) in [7, 11) is 0. The summed E-state index contributed by atoms with van der Waals surface area (Å²) >= 11 is 0. The summed E-state index contributed by atoms with van der Waals surface area (Å²) in [6.07, 6.45) is 1.06. The van der Waals surface area contributed by atoms with Gasteiger partial charge in [-0.25, -0.2) is 0 Å². The molecular formula is C9H9N3O. The number of hydrogen-bond donors (Lipinski definition) is 1. The van der Waals surface area contributed by atoms with E-state index in [4.69, 9.17) is 0 Å². The van der Waals surface area contributed by atoms with E-state index in [1.165, 1.54) is 0 Å². The third-order valence-corrected chi connectivity index (χ3v) is 1.33. The van der Waals surface area contributed by atoms with Gasteiger partial charge in [0.05, 0.1) is 11.0 Å². The topological polar surface area (TPSA) is 68.9 Å². The molecule has 0 saturated heterocycles. The van der Waals surface area contributed by atoms with Crippen LogP contribution in [0.2, 0.25) is 0 Å². The molecular weight excluding hydrogens is 166 g/mol. The number of fused-ring (bicyclic) bond motifs is 3. The Labute approximate surface area is 75.4 Å². The van der Waals surface area contributed by atoms with E-state index in [0.29, 0.717) is 0 Å². The van der Waals surface area contributed by atoms with Crippen molar-refractivity contribution in [3.8, 4) is 0 Å². The van der Waals surface area contributed by atoms with Crippen molar-refractivity contribution in [2.75, 3.05) is 0 Å². The fraction of sp³-hybridized carbons (Fsp3) is 0. The second-order valence-corrected chi connectivity index (χ2v) is 2.32. The lowest BCUT2D eigenvalue weighted by Gasteiger charge is -1.90. The van der Waals surface area contributed by atoms with Crippen molar-refractivity contribution < 1.29 is 4.79 Å². The third-order valence-electron chi connectivity index (χ3n) is 1.33. The predicted octanol–water partition coefficient (Wildman–Crippen LogP) is 0.725. The lowest BCUT2D eigenvalue weighted by Crippen LogP contribution is -2.04. The molecule has 0 saturated carbocycles. The highest BCUT2D eigenvalue weighted by atomic mass is 16.1. The van der Waals surface area contributed by atoms with Gasteiger partial charge in [-0.1, -0.05) is 6.58 Å². The minimum absolute atomic E-state index is 0.481. The summed E-state index contributed by atoms with van der Waals surface area (Å²) < 4.78 is 0. The molecule has 0 fully saturated rings. The number of nitrogens with zero attached hydrogens (tertiary/aromatic N) is 2. The molecule has 2 heterocycles. The standard InChI is InChI=1S/C6H4N2.C3H5NO/c1-2-6-4-3-5(1)7-8-6;1-2-3(4)5/h1-4H;2H,1H2,(H2,4,5). The van der Waals surface area contributed by atoms with Crippen LogP contribution in [-0.4, -0.2) is 16.1 Å². The highest BCUT2D eigenvalue weighted by molar-refractivity contribution is 5.84. The van der Waals surface area contributed by atoms with E-state index < -0.39 is 5.91 Å². The van der Waals surface area contributed by atoms with Crippen LogP contribution >= 0.6 is 0 Å². The van der Waals surface area contributed by atoms with E-state index in [2.05, 4.69) is 22.5 Å². The Kier molecular flexibility index (Phi) is 2.92. The van der Waals surface area contributed by atoms with Gasteiger partial charge >= 0.3 is 0 Å². The third kappa shape index (κ3) is 2.86. The summed E-state index contributed by atoms with van der Waals surface area (Å²) in [4.78, 5) is 9.47. The van der Waals surface area contributed by atoms with E-state index in [1.807, 2.05) is 24.3 Å². The van der Waals surface area contributed by atoms with Crippen LogP contribution in [0.3, 0.4) is 0 Å². The molecule has 0 radical (unpaired) electrons. The number of carbonyl (C=O) groups excluding carboxylic acids is 1. The first kappa shape index (κ1) is 9.12. The molecule has 4 heteroatoms. The molecule has 0 spiro atoms. The largest absolute Gasteiger partial charge is 0.366 e. The molecule has 0 aliphatic heterocycles. The van der Waals surface area contributed by atoms with Crippen LogP contribution in [0, 0.1) is 0 Å². The molecule has 66 valence electrons. The molecule has 2 aromatic heterocycles. The lowest BCUT2D eigenvalue weighted by atomic mass is 10.3. The molecule has 2 N–H and O–H groups in total. The fourth-order valence-electron chi connectivity index (χ4n) is 0.701. The zero-order valence-electron chi connectivity index (χ0n) is 6.97. The van der Waals surface area contributed by atoms with Crippen LogP contribution in [-0.2, 0) is 4.79 Å². The Hall–Kier alpha value is -1.97. The van der Waals surface area contributed by atoms with Gasteiger partial charge in [0.25, 0.3) is 0 Å². The first-order valence-electron chi connectivity index (χ1n) is 3.66. The number of benzene rings is 1. The number of primary amides is 1. The van der Waals surface area contributed by atoms with Gasteiger partial charge in [-0.2, -0.15) is 10.2 Å². The molecule has 1 amide bonds. The van der Waals surface area contributed by atoms with E-state index >= 15 is 0 Å². The van der Waals surface area contributed by atoms with E-state index in [0.717, 1.165) is 17.1 Å². The summed E-state index contributed by atoms with van der Waals surface area (Å²) in [6.45, 7) is 3.09. The second kappa shape index (κ2) is 4.15. The van der Waals surface area contributed by atoms with Crippen LogP contribution in [0.25, 0.3) is 11.0 Å². The smallest absolute Gasteiger partial charge is 0.240 e. The maximum atomic E-state index is 9.47. The van der Waals surface area contributed by atoms with Crippen LogP contribution in [0.4, 0.5) is 0 Å². The average Bonchev–Trinajstić information content (AvgIpc) is 2.21. The molecule has 3 aromatic rings. The molecule has 0 aliphatic rings. The Morgan fingerprint density at radius 2 is 1.54 bits per heavy atom. The van der Waals surface area contributed by atoms with Crippen molar-refractivity contribution in [3.05, 3.63) is 36.9 Å². The highest BCUT2D eigenvalue weighted by Crippen LogP contribution is 2.02. The van der Waals surface area contributed by atoms with Gasteiger partial charge in [0.1, 0.15) is 0 Å². The fourth-order valence-corrected chi connectivity index (χ4v) is 0.701. The first-order chi connectivity index (χ1) is 6.22. The maximum Gasteiger partial charge on any atom is 0.240 e. The SMILES string of the molecule is C=CC(N)=O.c1cc2ccc1nn2. The Balaban J connectivity index is 0.000000149. The van der Waals surface area contributed by atoms with Crippen molar-refractivity contribution in [1.29, 1.82) is 0 Å². The maximum absolute atomic E-state index is 9.47. The van der Waals surface area contributed by atoms with E-state index in [9.17, 15) is 4.79 Å². The van der Waals surface area contributed by atoms with Gasteiger partial charge in [0, 0.05) is 0 Å². The van der Waals surface area contributed by atoms with Crippen LogP contribution < -0.4 is 5.73 Å². The molecule has 3 rings (SSSR count). The van der Waals surface area contributed by atoms with E-state index in [1.54, 1.807) is 0 Å². The van der Waals surface area contributed by atoms with Crippen LogP contribution in [0.15, 0.2) is 36.9 Å². The summed E-state index contributed by atoms with van der Waals surface area (Å²) in [6, 6.07) is 7.79. The second-order valence-electron chi connectivity index (χ2n) is 2.32. The number of carbonyl (C=O) groups is 1. The van der Waals surface area contributed by atoms with Gasteiger partial charge in [0.2, 0.25) is 5.91 Å². The van der Waals surface area contributed by atoms with Crippen molar-refractivity contribution in [2.24, 2.45) is 5.73 Å². The molecule has 0 aliphatic carbocycles. The van der Waals surface area contributed by atoms with Crippen molar-refractivity contribution in [2.45, 2.75) is 0 Å². The van der Waals surface area contributed by atoms with Crippen molar-refractivity contribution >= 4 is 16.9 Å². The zero-order valence-corrected chi connectivity index (χ0v) is 6.97. The Morgan fingerprint density at radius 3 is 1.62 bits per heavy atom. The van der Waals surface area contributed by atoms with Crippen LogP contribution in [0.1, 0.15) is 0 Å². The van der Waals surface area contributed by atoms with Crippen molar-refractivity contribution in [3.63, 3.8) is 0 Å². The zero-order chi connectivity index (χ0) is 9.68. The predicted molar refractivity (Wildman–Crippen MR) is 50.1 cm³/mol. The number of aromatic nitrogens is 2. The van der Waals surface area contributed by atoms with Gasteiger partial charge in [0.15, 0.2) is 0 Å². The number of amides is 1. The molecule has 4 nitrogen and oxygen atoms in total. The first-order valence-corrected chi connectivity index (χ1v) is 3.66. The number of rotatable bonds is 1. The van der Waals surface area contributed by atoms with Gasteiger partial charge in [-0.3, -0.25) is 4.79 Å². The molecule has 2 bridgehead atoms.